The van der Waals surface area contributed by atoms with Gasteiger partial charge in [0.2, 0.25) is 0 Å². The summed E-state index contributed by atoms with van der Waals surface area (Å²) in [6, 6.07) is 32.3. The summed E-state index contributed by atoms with van der Waals surface area (Å²) in [5.41, 5.74) is 4.25. The summed E-state index contributed by atoms with van der Waals surface area (Å²) in [5.74, 6) is 0. The Balaban J connectivity index is 1.61. The first-order valence-corrected chi connectivity index (χ1v) is 10.1. The van der Waals surface area contributed by atoms with Crippen LogP contribution in [-0.4, -0.2) is 0 Å². The molecule has 0 atom stereocenters. The van der Waals surface area contributed by atoms with Gasteiger partial charge in [-0.05, 0) is 69.1 Å². The highest BCUT2D eigenvalue weighted by molar-refractivity contribution is 9.10. The predicted molar refractivity (Wildman–Crippen MR) is 122 cm³/mol. The van der Waals surface area contributed by atoms with E-state index in [1.54, 1.807) is 0 Å². The molecule has 0 spiro atoms. The maximum atomic E-state index is 6.01. The summed E-state index contributed by atoms with van der Waals surface area (Å²) in [7, 11) is 0. The Bertz CT molecular complexity index is 1520. The van der Waals surface area contributed by atoms with Crippen LogP contribution >= 0.6 is 15.9 Å². The van der Waals surface area contributed by atoms with Crippen molar-refractivity contribution in [1.82, 2.24) is 0 Å². The summed E-state index contributed by atoms with van der Waals surface area (Å²) in [4.78, 5) is 0. The first-order chi connectivity index (χ1) is 13.8. The molecule has 0 fully saturated rings. The third-order valence-corrected chi connectivity index (χ3v) is 6.00. The average Bonchev–Trinajstić information content (AvgIpc) is 3.10. The van der Waals surface area contributed by atoms with E-state index in [9.17, 15) is 0 Å². The molecule has 0 aliphatic rings. The van der Waals surface area contributed by atoms with E-state index in [0.717, 1.165) is 26.4 Å². The third kappa shape index (κ3) is 2.38. The van der Waals surface area contributed by atoms with Crippen LogP contribution in [0.15, 0.2) is 99.9 Å². The third-order valence-electron chi connectivity index (χ3n) is 5.51. The van der Waals surface area contributed by atoms with E-state index in [4.69, 9.17) is 4.42 Å². The van der Waals surface area contributed by atoms with Gasteiger partial charge in [0.05, 0.1) is 0 Å². The second kappa shape index (κ2) is 5.95. The van der Waals surface area contributed by atoms with E-state index in [-0.39, 0.29) is 0 Å². The highest BCUT2D eigenvalue weighted by Gasteiger charge is 2.10. The van der Waals surface area contributed by atoms with Crippen LogP contribution in [0.5, 0.6) is 0 Å². The van der Waals surface area contributed by atoms with Crippen molar-refractivity contribution < 1.29 is 4.42 Å². The van der Waals surface area contributed by atoms with Crippen molar-refractivity contribution in [3.63, 3.8) is 0 Å². The van der Waals surface area contributed by atoms with Crippen LogP contribution in [0.3, 0.4) is 0 Å². The van der Waals surface area contributed by atoms with Crippen molar-refractivity contribution in [1.29, 1.82) is 0 Å². The molecule has 1 nitrogen and oxygen atoms in total. The second-order valence-electron chi connectivity index (χ2n) is 7.18. The molecule has 0 radical (unpaired) electrons. The Morgan fingerprint density at radius 1 is 0.500 bits per heavy atom. The average molecular weight is 423 g/mol. The summed E-state index contributed by atoms with van der Waals surface area (Å²) in [6.45, 7) is 0. The van der Waals surface area contributed by atoms with Gasteiger partial charge >= 0.3 is 0 Å². The Morgan fingerprint density at radius 2 is 1.11 bits per heavy atom. The van der Waals surface area contributed by atoms with E-state index >= 15 is 0 Å². The van der Waals surface area contributed by atoms with Gasteiger partial charge in [-0.3, -0.25) is 0 Å². The van der Waals surface area contributed by atoms with Crippen LogP contribution in [-0.2, 0) is 0 Å². The lowest BCUT2D eigenvalue weighted by Gasteiger charge is -2.08. The van der Waals surface area contributed by atoms with Crippen molar-refractivity contribution >= 4 is 59.4 Å². The van der Waals surface area contributed by atoms with Gasteiger partial charge in [0.1, 0.15) is 11.2 Å². The lowest BCUT2D eigenvalue weighted by atomic mass is 9.96. The molecule has 0 aliphatic carbocycles. The van der Waals surface area contributed by atoms with Crippen molar-refractivity contribution in [2.24, 2.45) is 0 Å². The van der Waals surface area contributed by atoms with E-state index in [1.165, 1.54) is 32.7 Å². The number of benzene rings is 5. The van der Waals surface area contributed by atoms with Crippen LogP contribution in [0.4, 0.5) is 0 Å². The minimum Gasteiger partial charge on any atom is -0.456 e. The Morgan fingerprint density at radius 3 is 1.96 bits per heavy atom. The van der Waals surface area contributed by atoms with Crippen LogP contribution < -0.4 is 0 Å². The van der Waals surface area contributed by atoms with Gasteiger partial charge in [-0.1, -0.05) is 70.5 Å². The van der Waals surface area contributed by atoms with Crippen molar-refractivity contribution in [2.45, 2.75) is 0 Å². The van der Waals surface area contributed by atoms with Crippen LogP contribution in [0.1, 0.15) is 0 Å². The molecule has 0 unspecified atom stereocenters. The molecule has 0 bridgehead atoms. The molecule has 0 saturated carbocycles. The maximum absolute atomic E-state index is 6.01. The molecule has 6 aromatic rings. The molecule has 0 N–H and O–H groups in total. The lowest BCUT2D eigenvalue weighted by Crippen LogP contribution is -1.81. The zero-order valence-electron chi connectivity index (χ0n) is 14.9. The molecule has 1 aromatic heterocycles. The van der Waals surface area contributed by atoms with Gasteiger partial charge in [0.15, 0.2) is 0 Å². The molecule has 1 heterocycles. The van der Waals surface area contributed by atoms with E-state index in [0.29, 0.717) is 0 Å². The summed E-state index contributed by atoms with van der Waals surface area (Å²) >= 11 is 3.57. The zero-order valence-corrected chi connectivity index (χ0v) is 16.5. The molecule has 132 valence electrons. The minimum absolute atomic E-state index is 0.917. The molecular formula is C26H15BrO. The van der Waals surface area contributed by atoms with Gasteiger partial charge in [0.25, 0.3) is 0 Å². The minimum atomic E-state index is 0.917. The number of halogens is 1. The molecule has 0 saturated heterocycles. The number of hydrogen-bond acceptors (Lipinski definition) is 1. The lowest BCUT2D eigenvalue weighted by molar-refractivity contribution is 0.669. The van der Waals surface area contributed by atoms with Gasteiger partial charge in [-0.15, -0.1) is 0 Å². The van der Waals surface area contributed by atoms with E-state index in [1.807, 2.05) is 12.1 Å². The van der Waals surface area contributed by atoms with Gasteiger partial charge in [-0.25, -0.2) is 0 Å². The molecule has 0 amide bonds. The quantitative estimate of drug-likeness (QED) is 0.242. The maximum Gasteiger partial charge on any atom is 0.135 e. The number of rotatable bonds is 1. The smallest absolute Gasteiger partial charge is 0.135 e. The fourth-order valence-corrected chi connectivity index (χ4v) is 4.47. The van der Waals surface area contributed by atoms with Crippen molar-refractivity contribution in [3.8, 4) is 11.1 Å². The fraction of sp³-hybridized carbons (Fsp3) is 0. The van der Waals surface area contributed by atoms with Gasteiger partial charge in [0, 0.05) is 15.2 Å². The molecule has 0 aliphatic heterocycles. The Hall–Kier alpha value is -3.10. The molecule has 5 aromatic carbocycles. The summed E-state index contributed by atoms with van der Waals surface area (Å²) in [5, 5.41) is 7.40. The Labute approximate surface area is 170 Å². The summed E-state index contributed by atoms with van der Waals surface area (Å²) < 4.78 is 7.07. The number of furan rings is 1. The topological polar surface area (TPSA) is 13.1 Å². The molecule has 2 heteroatoms. The standard InChI is InChI=1S/C26H15BrO/c27-20-10-12-26-24(15-20)23-14-19(9-11-25(23)28-26)18-8-7-17-6-5-16-3-1-2-4-21(16)22(17)13-18/h1-15H. The van der Waals surface area contributed by atoms with E-state index < -0.39 is 0 Å². The first kappa shape index (κ1) is 15.9. The highest BCUT2D eigenvalue weighted by Crippen LogP contribution is 2.35. The van der Waals surface area contributed by atoms with Crippen molar-refractivity contribution in [2.75, 3.05) is 0 Å². The number of hydrogen-bond donors (Lipinski definition) is 0. The van der Waals surface area contributed by atoms with Crippen molar-refractivity contribution in [3.05, 3.63) is 95.5 Å². The zero-order chi connectivity index (χ0) is 18.7. The number of fused-ring (bicyclic) bond motifs is 6. The summed E-state index contributed by atoms with van der Waals surface area (Å²) in [6.07, 6.45) is 0. The van der Waals surface area contributed by atoms with Crippen LogP contribution in [0.2, 0.25) is 0 Å². The van der Waals surface area contributed by atoms with Crippen LogP contribution in [0.25, 0.3) is 54.6 Å². The monoisotopic (exact) mass is 422 g/mol. The van der Waals surface area contributed by atoms with E-state index in [2.05, 4.69) is 94.8 Å². The van der Waals surface area contributed by atoms with Crippen LogP contribution in [0, 0.1) is 0 Å². The van der Waals surface area contributed by atoms with Gasteiger partial charge in [-0.2, -0.15) is 0 Å². The second-order valence-corrected chi connectivity index (χ2v) is 8.09. The molecule has 28 heavy (non-hydrogen) atoms. The highest BCUT2D eigenvalue weighted by atomic mass is 79.9. The largest absolute Gasteiger partial charge is 0.456 e. The molecule has 6 rings (SSSR count). The normalized spacial score (nSPS) is 11.8. The Kier molecular flexibility index (Phi) is 3.38. The fourth-order valence-electron chi connectivity index (χ4n) is 4.11. The first-order valence-electron chi connectivity index (χ1n) is 9.30. The predicted octanol–water partition coefficient (Wildman–Crippen LogP) is 8.32. The SMILES string of the molecule is Brc1ccc2oc3ccc(-c4ccc5ccc6ccccc6c5c4)cc3c2c1. The van der Waals surface area contributed by atoms with Gasteiger partial charge < -0.3 is 4.42 Å². The molecular weight excluding hydrogens is 408 g/mol.